The van der Waals surface area contributed by atoms with E-state index in [2.05, 4.69) is 10.6 Å². The van der Waals surface area contributed by atoms with Crippen LogP contribution in [0, 0.1) is 5.82 Å². The number of carbonyl (C=O) groups excluding carboxylic acids is 2. The van der Waals surface area contributed by atoms with Crippen molar-refractivity contribution in [3.8, 4) is 0 Å². The van der Waals surface area contributed by atoms with Gasteiger partial charge in [0.25, 0.3) is 0 Å². The quantitative estimate of drug-likeness (QED) is 0.597. The molecular formula is C13H16ClFN2O3. The number of anilines is 1. The molecule has 0 aromatic heterocycles. The van der Waals surface area contributed by atoms with E-state index in [9.17, 15) is 14.0 Å². The summed E-state index contributed by atoms with van der Waals surface area (Å²) in [6.07, 6.45) is 0.198. The molecule has 0 bridgehead atoms. The van der Waals surface area contributed by atoms with Gasteiger partial charge in [0.15, 0.2) is 0 Å². The van der Waals surface area contributed by atoms with Crippen LogP contribution in [0.1, 0.15) is 13.3 Å². The number of nitrogens with one attached hydrogen (secondary N) is 2. The summed E-state index contributed by atoms with van der Waals surface area (Å²) in [5.41, 5.74) is 0.411. The first-order chi connectivity index (χ1) is 9.52. The Labute approximate surface area is 121 Å². The minimum Gasteiger partial charge on any atom is -0.466 e. The standard InChI is InChI=1S/C13H16ClFN2O3/c1-2-20-13(19)5-6-16-8-12(18)17-9-3-4-11(15)10(14)7-9/h3-4,7,16H,2,5-6,8H2,1H3,(H,17,18). The molecule has 1 rings (SSSR count). The van der Waals surface area contributed by atoms with E-state index in [1.165, 1.54) is 18.2 Å². The minimum absolute atomic E-state index is 0.0361. The van der Waals surface area contributed by atoms with E-state index < -0.39 is 5.82 Å². The largest absolute Gasteiger partial charge is 0.466 e. The zero-order valence-corrected chi connectivity index (χ0v) is 11.8. The molecule has 5 nitrogen and oxygen atoms in total. The van der Waals surface area contributed by atoms with Crippen molar-refractivity contribution in [2.24, 2.45) is 0 Å². The Balaban J connectivity index is 2.26. The molecule has 0 heterocycles. The van der Waals surface area contributed by atoms with E-state index in [1.54, 1.807) is 6.92 Å². The summed E-state index contributed by atoms with van der Waals surface area (Å²) in [6.45, 7) is 2.45. The third-order valence-corrected chi connectivity index (χ3v) is 2.59. The molecule has 0 unspecified atom stereocenters. The van der Waals surface area contributed by atoms with Gasteiger partial charge < -0.3 is 15.4 Å². The number of halogens is 2. The number of ether oxygens (including phenoxy) is 1. The number of rotatable bonds is 7. The fourth-order valence-electron chi connectivity index (χ4n) is 1.40. The number of benzene rings is 1. The van der Waals surface area contributed by atoms with Gasteiger partial charge in [0.2, 0.25) is 5.91 Å². The summed E-state index contributed by atoms with van der Waals surface area (Å²) in [5, 5.41) is 5.30. The Morgan fingerprint density at radius 1 is 1.40 bits per heavy atom. The normalized spacial score (nSPS) is 10.2. The van der Waals surface area contributed by atoms with Crippen LogP contribution in [0.15, 0.2) is 18.2 Å². The lowest BCUT2D eigenvalue weighted by Gasteiger charge is -2.07. The van der Waals surface area contributed by atoms with E-state index in [1.807, 2.05) is 0 Å². The van der Waals surface area contributed by atoms with Gasteiger partial charge in [0.1, 0.15) is 5.82 Å². The number of amides is 1. The highest BCUT2D eigenvalue weighted by atomic mass is 35.5. The topological polar surface area (TPSA) is 67.4 Å². The summed E-state index contributed by atoms with van der Waals surface area (Å²) in [5.74, 6) is -1.17. The van der Waals surface area contributed by atoms with Gasteiger partial charge in [-0.1, -0.05) is 11.6 Å². The van der Waals surface area contributed by atoms with Crippen molar-refractivity contribution in [3.05, 3.63) is 29.0 Å². The molecule has 0 fully saturated rings. The van der Waals surface area contributed by atoms with Crippen LogP contribution in [0.5, 0.6) is 0 Å². The first-order valence-corrected chi connectivity index (χ1v) is 6.52. The predicted molar refractivity (Wildman–Crippen MR) is 74.2 cm³/mol. The maximum atomic E-state index is 12.9. The van der Waals surface area contributed by atoms with E-state index in [0.29, 0.717) is 18.8 Å². The van der Waals surface area contributed by atoms with Crippen LogP contribution in [0.3, 0.4) is 0 Å². The third kappa shape index (κ3) is 5.99. The lowest BCUT2D eigenvalue weighted by Crippen LogP contribution is -2.29. The molecule has 2 N–H and O–H groups in total. The van der Waals surface area contributed by atoms with Crippen LogP contribution >= 0.6 is 11.6 Å². The van der Waals surface area contributed by atoms with Gasteiger partial charge in [-0.2, -0.15) is 0 Å². The summed E-state index contributed by atoms with van der Waals surface area (Å²) in [7, 11) is 0. The molecule has 0 saturated heterocycles. The fourth-order valence-corrected chi connectivity index (χ4v) is 1.59. The molecule has 0 atom stereocenters. The third-order valence-electron chi connectivity index (χ3n) is 2.30. The molecule has 1 aromatic rings. The molecule has 0 aliphatic rings. The van der Waals surface area contributed by atoms with E-state index >= 15 is 0 Å². The van der Waals surface area contributed by atoms with Crippen LogP contribution < -0.4 is 10.6 Å². The zero-order valence-electron chi connectivity index (χ0n) is 11.0. The fraction of sp³-hybridized carbons (Fsp3) is 0.385. The summed E-state index contributed by atoms with van der Waals surface area (Å²) >= 11 is 5.60. The second-order valence-corrected chi connectivity index (χ2v) is 4.32. The Morgan fingerprint density at radius 2 is 2.15 bits per heavy atom. The van der Waals surface area contributed by atoms with Crippen molar-refractivity contribution in [1.29, 1.82) is 0 Å². The van der Waals surface area contributed by atoms with Crippen LogP contribution in [0.2, 0.25) is 5.02 Å². The van der Waals surface area contributed by atoms with Gasteiger partial charge in [-0.25, -0.2) is 4.39 Å². The number of carbonyl (C=O) groups is 2. The molecular weight excluding hydrogens is 287 g/mol. The van der Waals surface area contributed by atoms with Crippen LogP contribution in [-0.4, -0.2) is 31.6 Å². The zero-order chi connectivity index (χ0) is 15.0. The van der Waals surface area contributed by atoms with E-state index in [0.717, 1.165) is 0 Å². The van der Waals surface area contributed by atoms with Crippen molar-refractivity contribution in [3.63, 3.8) is 0 Å². The summed E-state index contributed by atoms with van der Waals surface area (Å²) < 4.78 is 17.7. The van der Waals surface area contributed by atoms with Crippen LogP contribution in [-0.2, 0) is 14.3 Å². The second kappa shape index (κ2) is 8.50. The maximum Gasteiger partial charge on any atom is 0.307 e. The molecule has 0 saturated carbocycles. The number of hydrogen-bond donors (Lipinski definition) is 2. The highest BCUT2D eigenvalue weighted by Gasteiger charge is 2.06. The van der Waals surface area contributed by atoms with Crippen molar-refractivity contribution in [2.45, 2.75) is 13.3 Å². The maximum absolute atomic E-state index is 12.9. The number of esters is 1. The highest BCUT2D eigenvalue weighted by Crippen LogP contribution is 2.19. The average Bonchev–Trinajstić information content (AvgIpc) is 2.39. The Morgan fingerprint density at radius 3 is 2.80 bits per heavy atom. The van der Waals surface area contributed by atoms with Crippen molar-refractivity contribution in [2.75, 3.05) is 25.0 Å². The van der Waals surface area contributed by atoms with E-state index in [4.69, 9.17) is 16.3 Å². The van der Waals surface area contributed by atoms with E-state index in [-0.39, 0.29) is 29.9 Å². The second-order valence-electron chi connectivity index (χ2n) is 3.91. The van der Waals surface area contributed by atoms with Gasteiger partial charge in [0.05, 0.1) is 24.6 Å². The SMILES string of the molecule is CCOC(=O)CCNCC(=O)Nc1ccc(F)c(Cl)c1. The summed E-state index contributed by atoms with van der Waals surface area (Å²) in [6, 6.07) is 3.91. The Hall–Kier alpha value is -1.66. The van der Waals surface area contributed by atoms with Gasteiger partial charge in [0, 0.05) is 12.2 Å². The molecule has 0 aliphatic carbocycles. The Kier molecular flexibility index (Phi) is 6.97. The Bertz CT molecular complexity index is 483. The minimum atomic E-state index is -0.544. The molecule has 20 heavy (non-hydrogen) atoms. The highest BCUT2D eigenvalue weighted by molar-refractivity contribution is 6.31. The first kappa shape index (κ1) is 16.4. The van der Waals surface area contributed by atoms with Gasteiger partial charge in [-0.3, -0.25) is 9.59 Å². The molecule has 0 aliphatic heterocycles. The molecule has 1 amide bonds. The lowest BCUT2D eigenvalue weighted by molar-refractivity contribution is -0.143. The lowest BCUT2D eigenvalue weighted by atomic mass is 10.3. The van der Waals surface area contributed by atoms with Gasteiger partial charge in [-0.05, 0) is 25.1 Å². The average molecular weight is 303 g/mol. The molecule has 7 heteroatoms. The van der Waals surface area contributed by atoms with Crippen molar-refractivity contribution < 1.29 is 18.7 Å². The van der Waals surface area contributed by atoms with Gasteiger partial charge in [-0.15, -0.1) is 0 Å². The summed E-state index contributed by atoms with van der Waals surface area (Å²) in [4.78, 5) is 22.6. The van der Waals surface area contributed by atoms with Crippen LogP contribution in [0.4, 0.5) is 10.1 Å². The van der Waals surface area contributed by atoms with Gasteiger partial charge >= 0.3 is 5.97 Å². The molecule has 0 spiro atoms. The predicted octanol–water partition coefficient (Wildman–Crippen LogP) is 1.96. The first-order valence-electron chi connectivity index (χ1n) is 6.14. The van der Waals surface area contributed by atoms with Crippen molar-refractivity contribution >= 4 is 29.2 Å². The van der Waals surface area contributed by atoms with Crippen molar-refractivity contribution in [1.82, 2.24) is 5.32 Å². The molecule has 110 valence electrons. The molecule has 0 radical (unpaired) electrons. The number of hydrogen-bond acceptors (Lipinski definition) is 4. The van der Waals surface area contributed by atoms with Crippen LogP contribution in [0.25, 0.3) is 0 Å². The monoisotopic (exact) mass is 302 g/mol. The molecule has 1 aromatic carbocycles. The smallest absolute Gasteiger partial charge is 0.307 e.